The Morgan fingerprint density at radius 3 is 2.44 bits per heavy atom. The van der Waals surface area contributed by atoms with Gasteiger partial charge in [0.25, 0.3) is 5.91 Å². The van der Waals surface area contributed by atoms with Crippen molar-refractivity contribution in [2.45, 2.75) is 77.3 Å². The van der Waals surface area contributed by atoms with Crippen molar-refractivity contribution in [1.82, 2.24) is 9.47 Å². The summed E-state index contributed by atoms with van der Waals surface area (Å²) in [6.07, 6.45) is 7.66. The lowest BCUT2D eigenvalue weighted by molar-refractivity contribution is -0.137. The highest BCUT2D eigenvalue weighted by Crippen LogP contribution is 2.33. The lowest BCUT2D eigenvalue weighted by Gasteiger charge is -2.34. The van der Waals surface area contributed by atoms with Crippen LogP contribution in [0.3, 0.4) is 0 Å². The molecule has 6 heteroatoms. The van der Waals surface area contributed by atoms with Crippen LogP contribution in [0.5, 0.6) is 0 Å². The average molecular weight is 376 g/mol. The second kappa shape index (κ2) is 8.91. The predicted octanol–water partition coefficient (Wildman–Crippen LogP) is 3.71. The molecule has 3 rings (SSSR count). The van der Waals surface area contributed by atoms with Gasteiger partial charge >= 0.3 is 5.97 Å². The van der Waals surface area contributed by atoms with E-state index < -0.39 is 5.97 Å². The maximum Gasteiger partial charge on any atom is 0.305 e. The molecule has 1 aliphatic heterocycles. The van der Waals surface area contributed by atoms with E-state index >= 15 is 0 Å². The highest BCUT2D eigenvalue weighted by Gasteiger charge is 2.30. The Hall–Kier alpha value is -1.82. The second-order valence-electron chi connectivity index (χ2n) is 7.93. The molecule has 6 nitrogen and oxygen atoms in total. The summed E-state index contributed by atoms with van der Waals surface area (Å²) in [4.78, 5) is 26.3. The summed E-state index contributed by atoms with van der Waals surface area (Å²) in [5.74, 6) is -0.897. The normalized spacial score (nSPS) is 19.2. The summed E-state index contributed by atoms with van der Waals surface area (Å²) in [6.45, 7) is 5.62. The van der Waals surface area contributed by atoms with E-state index in [0.29, 0.717) is 19.3 Å². The molecule has 27 heavy (non-hydrogen) atoms. The lowest BCUT2D eigenvalue weighted by Crippen LogP contribution is -2.44. The molecule has 1 aliphatic carbocycles. The van der Waals surface area contributed by atoms with Gasteiger partial charge in [-0.3, -0.25) is 9.59 Å². The summed E-state index contributed by atoms with van der Waals surface area (Å²) in [5.41, 5.74) is 2.89. The van der Waals surface area contributed by atoms with E-state index in [1.165, 1.54) is 32.1 Å². The van der Waals surface area contributed by atoms with Crippen molar-refractivity contribution in [2.75, 3.05) is 19.8 Å². The van der Waals surface area contributed by atoms with Gasteiger partial charge < -0.3 is 19.3 Å². The van der Waals surface area contributed by atoms with Crippen LogP contribution < -0.4 is 0 Å². The average Bonchev–Trinajstić information content (AvgIpc) is 2.97. The third-order valence-electron chi connectivity index (χ3n) is 6.11. The topological polar surface area (TPSA) is 71.8 Å². The molecule has 2 aliphatic rings. The van der Waals surface area contributed by atoms with Crippen molar-refractivity contribution in [2.24, 2.45) is 0 Å². The molecule has 2 heterocycles. The van der Waals surface area contributed by atoms with Gasteiger partial charge in [-0.15, -0.1) is 0 Å². The Bertz CT molecular complexity index is 670. The number of aliphatic carboxylic acids is 1. The molecule has 0 radical (unpaired) electrons. The summed E-state index contributed by atoms with van der Waals surface area (Å²) in [5, 5.41) is 9.12. The van der Waals surface area contributed by atoms with Crippen LogP contribution in [0.2, 0.25) is 0 Å². The Kier molecular flexibility index (Phi) is 6.58. The Morgan fingerprint density at radius 1 is 1.15 bits per heavy atom. The number of nitrogens with zero attached hydrogens (tertiary/aromatic N) is 2. The number of carboxylic acid groups (broad SMARTS) is 1. The van der Waals surface area contributed by atoms with Crippen LogP contribution in [-0.4, -0.2) is 52.3 Å². The summed E-state index contributed by atoms with van der Waals surface area (Å²) < 4.78 is 7.77. The van der Waals surface area contributed by atoms with Crippen molar-refractivity contribution in [3.8, 4) is 0 Å². The maximum atomic E-state index is 13.4. The van der Waals surface area contributed by atoms with Crippen molar-refractivity contribution in [3.63, 3.8) is 0 Å². The lowest BCUT2D eigenvalue weighted by atomic mass is 9.95. The SMILES string of the molecule is Cc1cc(C(=O)N(CCC(=O)O)C2CCOCC2)c(C)n1C1CCCCC1. The van der Waals surface area contributed by atoms with Gasteiger partial charge in [0.15, 0.2) is 0 Å². The fraction of sp³-hybridized carbons (Fsp3) is 0.714. The highest BCUT2D eigenvalue weighted by atomic mass is 16.5. The number of carbonyl (C=O) groups excluding carboxylic acids is 1. The number of amides is 1. The molecule has 1 amide bonds. The van der Waals surface area contributed by atoms with Crippen molar-refractivity contribution in [1.29, 1.82) is 0 Å². The standard InChI is InChI=1S/C21H32N2O4/c1-15-14-19(16(2)23(15)18-6-4-3-5-7-18)21(26)22(11-8-20(24)25)17-9-12-27-13-10-17/h14,17-18H,3-13H2,1-2H3,(H,24,25). The van der Waals surface area contributed by atoms with Crippen LogP contribution in [0.1, 0.15) is 79.2 Å². The van der Waals surface area contributed by atoms with Crippen molar-refractivity contribution < 1.29 is 19.4 Å². The minimum atomic E-state index is -0.868. The number of ether oxygens (including phenoxy) is 1. The monoisotopic (exact) mass is 376 g/mol. The van der Waals surface area contributed by atoms with Gasteiger partial charge in [0.2, 0.25) is 0 Å². The van der Waals surface area contributed by atoms with Crippen LogP contribution >= 0.6 is 0 Å². The molecular weight excluding hydrogens is 344 g/mol. The second-order valence-corrected chi connectivity index (χ2v) is 7.93. The van der Waals surface area contributed by atoms with E-state index in [1.54, 1.807) is 4.90 Å². The largest absolute Gasteiger partial charge is 0.481 e. The van der Waals surface area contributed by atoms with Gasteiger partial charge in [0.1, 0.15) is 0 Å². The third kappa shape index (κ3) is 4.54. The Labute approximate surface area is 161 Å². The van der Waals surface area contributed by atoms with Crippen LogP contribution in [-0.2, 0) is 9.53 Å². The number of aromatic nitrogens is 1. The first-order valence-electron chi connectivity index (χ1n) is 10.3. The van der Waals surface area contributed by atoms with Gasteiger partial charge in [-0.1, -0.05) is 19.3 Å². The quantitative estimate of drug-likeness (QED) is 0.822. The molecule has 0 spiro atoms. The molecule has 0 atom stereocenters. The number of aryl methyl sites for hydroxylation is 1. The highest BCUT2D eigenvalue weighted by molar-refractivity contribution is 5.96. The molecule has 0 bridgehead atoms. The minimum absolute atomic E-state index is 0.0234. The van der Waals surface area contributed by atoms with E-state index in [0.717, 1.165) is 29.8 Å². The van der Waals surface area contributed by atoms with E-state index in [4.69, 9.17) is 9.84 Å². The third-order valence-corrected chi connectivity index (χ3v) is 6.11. The number of hydrogen-bond donors (Lipinski definition) is 1. The smallest absolute Gasteiger partial charge is 0.305 e. The minimum Gasteiger partial charge on any atom is -0.481 e. The molecular formula is C21H32N2O4. The first-order chi connectivity index (χ1) is 13.0. The fourth-order valence-electron chi connectivity index (χ4n) is 4.71. The van der Waals surface area contributed by atoms with E-state index in [-0.39, 0.29) is 24.9 Å². The molecule has 1 aromatic rings. The number of rotatable bonds is 6. The van der Waals surface area contributed by atoms with Crippen LogP contribution in [0.4, 0.5) is 0 Å². The Morgan fingerprint density at radius 2 is 1.81 bits per heavy atom. The summed E-state index contributed by atoms with van der Waals surface area (Å²) in [6, 6.07) is 2.54. The molecule has 1 aromatic heterocycles. The van der Waals surface area contributed by atoms with Gasteiger partial charge in [-0.2, -0.15) is 0 Å². The van der Waals surface area contributed by atoms with E-state index in [9.17, 15) is 9.59 Å². The van der Waals surface area contributed by atoms with Gasteiger partial charge in [0.05, 0.1) is 12.0 Å². The summed E-state index contributed by atoms with van der Waals surface area (Å²) in [7, 11) is 0. The zero-order chi connectivity index (χ0) is 19.4. The maximum absolute atomic E-state index is 13.4. The molecule has 2 fully saturated rings. The van der Waals surface area contributed by atoms with Crippen LogP contribution in [0, 0.1) is 13.8 Å². The van der Waals surface area contributed by atoms with E-state index in [1.807, 2.05) is 13.0 Å². The van der Waals surface area contributed by atoms with Gasteiger partial charge in [-0.25, -0.2) is 0 Å². The number of carboxylic acids is 1. The van der Waals surface area contributed by atoms with Crippen LogP contribution in [0.25, 0.3) is 0 Å². The number of hydrogen-bond acceptors (Lipinski definition) is 3. The molecule has 1 N–H and O–H groups in total. The molecule has 1 saturated carbocycles. The molecule has 150 valence electrons. The van der Waals surface area contributed by atoms with Crippen molar-refractivity contribution >= 4 is 11.9 Å². The van der Waals surface area contributed by atoms with Crippen molar-refractivity contribution in [3.05, 3.63) is 23.0 Å². The first-order valence-corrected chi connectivity index (χ1v) is 10.3. The van der Waals surface area contributed by atoms with Crippen LogP contribution in [0.15, 0.2) is 6.07 Å². The fourth-order valence-corrected chi connectivity index (χ4v) is 4.71. The molecule has 0 aromatic carbocycles. The predicted molar refractivity (Wildman–Crippen MR) is 103 cm³/mol. The van der Waals surface area contributed by atoms with Gasteiger partial charge in [0, 0.05) is 43.2 Å². The number of carbonyl (C=O) groups is 2. The van der Waals surface area contributed by atoms with Gasteiger partial charge in [-0.05, 0) is 45.6 Å². The first kappa shape index (κ1) is 19.9. The molecule has 1 saturated heterocycles. The van der Waals surface area contributed by atoms with E-state index in [2.05, 4.69) is 11.5 Å². The summed E-state index contributed by atoms with van der Waals surface area (Å²) >= 11 is 0. The zero-order valence-corrected chi connectivity index (χ0v) is 16.6. The zero-order valence-electron chi connectivity index (χ0n) is 16.6. The molecule has 0 unspecified atom stereocenters. The Balaban J connectivity index is 1.85.